The largest absolute Gasteiger partial charge is 0.464 e. The van der Waals surface area contributed by atoms with Crippen molar-refractivity contribution in [3.63, 3.8) is 0 Å². The molecule has 0 saturated carbocycles. The SMILES string of the molecule is CCOC(C)Oc1cc(I)c(Oc2ccc([S+](c3ccc(C)cc3)c3ccc(C)cc3)cc2)cc1I. The quantitative estimate of drug-likeness (QED) is 0.0980. The van der Waals surface area contributed by atoms with Crippen LogP contribution in [0.3, 0.4) is 0 Å². The van der Waals surface area contributed by atoms with Crippen LogP contribution in [0.25, 0.3) is 0 Å². The van der Waals surface area contributed by atoms with E-state index in [9.17, 15) is 0 Å². The summed E-state index contributed by atoms with van der Waals surface area (Å²) < 4.78 is 19.7. The maximum Gasteiger partial charge on any atom is 0.197 e. The zero-order valence-corrected chi connectivity index (χ0v) is 25.9. The van der Waals surface area contributed by atoms with Gasteiger partial charge < -0.3 is 14.2 Å². The Hall–Kier alpha value is -1.75. The molecule has 0 aliphatic rings. The molecular weight excluding hydrogens is 694 g/mol. The summed E-state index contributed by atoms with van der Waals surface area (Å²) in [5, 5.41) is 0. The van der Waals surface area contributed by atoms with Gasteiger partial charge in [0.1, 0.15) is 17.2 Å². The van der Waals surface area contributed by atoms with Crippen LogP contribution >= 0.6 is 45.2 Å². The van der Waals surface area contributed by atoms with Crippen molar-refractivity contribution in [2.75, 3.05) is 6.61 Å². The number of rotatable bonds is 9. The van der Waals surface area contributed by atoms with Gasteiger partial charge in [0.25, 0.3) is 0 Å². The monoisotopic (exact) mass is 723 g/mol. The summed E-state index contributed by atoms with van der Waals surface area (Å²) in [7, 11) is -0.191. The molecule has 0 fully saturated rings. The van der Waals surface area contributed by atoms with Gasteiger partial charge in [-0.25, -0.2) is 0 Å². The molecule has 0 aliphatic heterocycles. The van der Waals surface area contributed by atoms with Gasteiger partial charge in [0.15, 0.2) is 21.0 Å². The van der Waals surface area contributed by atoms with E-state index in [1.54, 1.807) is 0 Å². The van der Waals surface area contributed by atoms with Crippen molar-refractivity contribution < 1.29 is 14.2 Å². The first kappa shape index (κ1) is 27.3. The van der Waals surface area contributed by atoms with Crippen molar-refractivity contribution >= 4 is 56.1 Å². The highest BCUT2D eigenvalue weighted by molar-refractivity contribution is 14.1. The standard InChI is InChI=1S/C30H29I2O3S/c1-5-33-22(4)34-29-18-28(32)30(19-27(29)31)35-23-10-16-26(17-11-23)36(24-12-6-20(2)7-13-24)25-14-8-21(3)9-15-25/h6-19,22H,5H2,1-4H3/q+1. The summed E-state index contributed by atoms with van der Waals surface area (Å²) in [5.74, 6) is 2.41. The predicted octanol–water partition coefficient (Wildman–Crippen LogP) is 9.16. The minimum atomic E-state index is -0.297. The van der Waals surface area contributed by atoms with Gasteiger partial charge in [0.2, 0.25) is 0 Å². The average Bonchev–Trinajstić information content (AvgIpc) is 2.86. The van der Waals surface area contributed by atoms with Gasteiger partial charge in [-0.05, 0) is 134 Å². The molecule has 1 unspecified atom stereocenters. The van der Waals surface area contributed by atoms with Gasteiger partial charge in [-0.2, -0.15) is 0 Å². The van der Waals surface area contributed by atoms with E-state index >= 15 is 0 Å². The summed E-state index contributed by atoms with van der Waals surface area (Å²) >= 11 is 4.56. The van der Waals surface area contributed by atoms with E-state index in [2.05, 4.69) is 132 Å². The minimum absolute atomic E-state index is 0.191. The molecule has 186 valence electrons. The molecule has 0 aliphatic carbocycles. The number of ether oxygens (including phenoxy) is 3. The van der Waals surface area contributed by atoms with Crippen LogP contribution in [0.4, 0.5) is 0 Å². The van der Waals surface area contributed by atoms with Crippen molar-refractivity contribution in [3.8, 4) is 17.2 Å². The summed E-state index contributed by atoms with van der Waals surface area (Å²) in [6.07, 6.45) is -0.297. The van der Waals surface area contributed by atoms with Crippen LogP contribution in [0.15, 0.2) is 99.6 Å². The van der Waals surface area contributed by atoms with E-state index in [0.717, 1.165) is 24.4 Å². The van der Waals surface area contributed by atoms with Crippen LogP contribution < -0.4 is 9.47 Å². The van der Waals surface area contributed by atoms with E-state index in [-0.39, 0.29) is 17.2 Å². The lowest BCUT2D eigenvalue weighted by Crippen LogP contribution is -2.16. The number of hydrogen-bond acceptors (Lipinski definition) is 3. The molecule has 3 nitrogen and oxygen atoms in total. The number of benzene rings is 4. The normalized spacial score (nSPS) is 12.0. The third-order valence-electron chi connectivity index (χ3n) is 5.48. The highest BCUT2D eigenvalue weighted by atomic mass is 127. The lowest BCUT2D eigenvalue weighted by Gasteiger charge is -2.17. The van der Waals surface area contributed by atoms with Gasteiger partial charge in [0.05, 0.1) is 18.0 Å². The van der Waals surface area contributed by atoms with Gasteiger partial charge in [-0.3, -0.25) is 0 Å². The number of halogens is 2. The Morgan fingerprint density at radius 1 is 0.694 bits per heavy atom. The highest BCUT2D eigenvalue weighted by Gasteiger charge is 2.28. The Labute approximate surface area is 244 Å². The maximum atomic E-state index is 6.28. The molecule has 36 heavy (non-hydrogen) atoms. The maximum absolute atomic E-state index is 6.28. The fourth-order valence-electron chi connectivity index (χ4n) is 3.65. The van der Waals surface area contributed by atoms with E-state index < -0.39 is 0 Å². The molecule has 0 N–H and O–H groups in total. The predicted molar refractivity (Wildman–Crippen MR) is 165 cm³/mol. The molecule has 0 spiro atoms. The van der Waals surface area contributed by atoms with E-state index in [0.29, 0.717) is 6.61 Å². The van der Waals surface area contributed by atoms with Crippen LogP contribution in [0.5, 0.6) is 17.2 Å². The Bertz CT molecular complexity index is 1240. The average molecular weight is 723 g/mol. The van der Waals surface area contributed by atoms with E-state index in [4.69, 9.17) is 14.2 Å². The Kier molecular flexibility index (Phi) is 9.60. The Balaban J connectivity index is 1.58. The van der Waals surface area contributed by atoms with Gasteiger partial charge in [0, 0.05) is 6.61 Å². The fraction of sp³-hybridized carbons (Fsp3) is 0.200. The molecular formula is C30H29I2O3S+. The van der Waals surface area contributed by atoms with Crippen LogP contribution in [0.1, 0.15) is 25.0 Å². The van der Waals surface area contributed by atoms with Crippen molar-refractivity contribution in [1.29, 1.82) is 0 Å². The van der Waals surface area contributed by atoms with Crippen LogP contribution in [0.2, 0.25) is 0 Å². The third kappa shape index (κ3) is 6.96. The summed E-state index contributed by atoms with van der Waals surface area (Å²) in [6, 6.07) is 30.2. The minimum Gasteiger partial charge on any atom is -0.464 e. The molecule has 0 amide bonds. The van der Waals surface area contributed by atoms with Gasteiger partial charge >= 0.3 is 0 Å². The van der Waals surface area contributed by atoms with Gasteiger partial charge in [-0.15, -0.1) is 0 Å². The first-order chi connectivity index (χ1) is 17.3. The van der Waals surface area contributed by atoms with Crippen molar-refractivity contribution in [2.24, 2.45) is 0 Å². The zero-order valence-electron chi connectivity index (χ0n) is 20.8. The molecule has 4 aromatic carbocycles. The lowest BCUT2D eigenvalue weighted by atomic mass is 10.2. The molecule has 4 aromatic rings. The molecule has 0 radical (unpaired) electrons. The summed E-state index contributed by atoms with van der Waals surface area (Å²) in [4.78, 5) is 3.87. The zero-order chi connectivity index (χ0) is 25.7. The molecule has 6 heteroatoms. The second-order valence-corrected chi connectivity index (χ2v) is 12.7. The van der Waals surface area contributed by atoms with Crippen LogP contribution in [0, 0.1) is 21.0 Å². The third-order valence-corrected chi connectivity index (χ3v) is 9.40. The Morgan fingerprint density at radius 3 is 1.64 bits per heavy atom. The smallest absolute Gasteiger partial charge is 0.197 e. The first-order valence-electron chi connectivity index (χ1n) is 11.8. The number of hydrogen-bond donors (Lipinski definition) is 0. The lowest BCUT2D eigenvalue weighted by molar-refractivity contribution is -0.0618. The Morgan fingerprint density at radius 2 is 1.14 bits per heavy atom. The van der Waals surface area contributed by atoms with E-state index in [1.807, 2.05) is 26.0 Å². The van der Waals surface area contributed by atoms with Crippen molar-refractivity contribution in [1.82, 2.24) is 0 Å². The molecule has 0 heterocycles. The molecule has 1 atom stereocenters. The van der Waals surface area contributed by atoms with Gasteiger partial charge in [-0.1, -0.05) is 35.4 Å². The molecule has 0 bridgehead atoms. The molecule has 0 aromatic heterocycles. The number of aryl methyl sites for hydroxylation is 2. The second kappa shape index (κ2) is 12.7. The second-order valence-electron chi connectivity index (χ2n) is 8.36. The highest BCUT2D eigenvalue weighted by Crippen LogP contribution is 2.36. The summed E-state index contributed by atoms with van der Waals surface area (Å²) in [6.45, 7) is 8.73. The van der Waals surface area contributed by atoms with Crippen molar-refractivity contribution in [2.45, 2.75) is 48.7 Å². The molecule has 4 rings (SSSR count). The van der Waals surface area contributed by atoms with E-state index in [1.165, 1.54) is 25.8 Å². The fourth-order valence-corrected chi connectivity index (χ4v) is 6.81. The molecule has 0 saturated heterocycles. The van der Waals surface area contributed by atoms with Crippen molar-refractivity contribution in [3.05, 3.63) is 103 Å². The summed E-state index contributed by atoms with van der Waals surface area (Å²) in [5.41, 5.74) is 2.53. The first-order valence-corrected chi connectivity index (χ1v) is 15.1. The van der Waals surface area contributed by atoms with Crippen LogP contribution in [-0.4, -0.2) is 12.9 Å². The topological polar surface area (TPSA) is 27.7 Å². The van der Waals surface area contributed by atoms with Crippen LogP contribution in [-0.2, 0) is 15.6 Å².